The Hall–Kier alpha value is -10.7. The number of aryl methyl sites for hydroxylation is 3. The second kappa shape index (κ2) is 48.6. The number of nitrogens with zero attached hydrogens (tertiary/aromatic N) is 18. The van der Waals surface area contributed by atoms with Gasteiger partial charge in [-0.3, -0.25) is 14.6 Å². The zero-order valence-electron chi connectivity index (χ0n) is 89.8. The van der Waals surface area contributed by atoms with E-state index in [0.717, 1.165) is 118 Å². The van der Waals surface area contributed by atoms with Gasteiger partial charge in [0.15, 0.2) is 6.10 Å². The van der Waals surface area contributed by atoms with E-state index in [0.29, 0.717) is 59.9 Å². The van der Waals surface area contributed by atoms with E-state index in [1.807, 2.05) is 95.4 Å². The van der Waals surface area contributed by atoms with Crippen LogP contribution in [0.5, 0.6) is 0 Å². The molecule has 6 aliphatic carbocycles. The van der Waals surface area contributed by atoms with Crippen LogP contribution in [0.1, 0.15) is 349 Å². The summed E-state index contributed by atoms with van der Waals surface area (Å²) >= 11 is 0. The average Bonchev–Trinajstić information content (AvgIpc) is 1.54. The van der Waals surface area contributed by atoms with E-state index in [9.17, 15) is 9.59 Å². The molecule has 748 valence electrons. The summed E-state index contributed by atoms with van der Waals surface area (Å²) in [7, 11) is 3.10. The maximum absolute atomic E-state index is 13.4. The summed E-state index contributed by atoms with van der Waals surface area (Å²) in [6.45, 7) is 62.3. The van der Waals surface area contributed by atoms with Gasteiger partial charge in [0.2, 0.25) is 0 Å². The first kappa shape index (κ1) is 107. The van der Waals surface area contributed by atoms with Gasteiger partial charge in [-0.25, -0.2) is 23.4 Å². The summed E-state index contributed by atoms with van der Waals surface area (Å²) in [6, 6.07) is 52.2. The number of carbonyl (C=O) groups is 2. The van der Waals surface area contributed by atoms with E-state index in [4.69, 9.17) is 9.47 Å². The summed E-state index contributed by atoms with van der Waals surface area (Å²) < 4.78 is 21.2. The van der Waals surface area contributed by atoms with Gasteiger partial charge in [-0.05, 0) is 261 Å². The molecule has 22 heteroatoms. The molecule has 3 fully saturated rings. The summed E-state index contributed by atoms with van der Waals surface area (Å²) in [4.78, 5) is 34.3. The highest BCUT2D eigenvalue weighted by Crippen LogP contribution is 2.67. The second-order valence-electron chi connectivity index (χ2n) is 44.1. The lowest BCUT2D eigenvalue weighted by Gasteiger charge is -2.34. The minimum absolute atomic E-state index is 0.00667. The molecular weight excluding hydrogens is 1720 g/mol. The van der Waals surface area contributed by atoms with E-state index >= 15 is 0 Å². The highest BCUT2D eigenvalue weighted by molar-refractivity contribution is 6.14. The van der Waals surface area contributed by atoms with Crippen LogP contribution in [-0.2, 0) is 46.4 Å². The van der Waals surface area contributed by atoms with E-state index in [1.54, 1.807) is 18.3 Å². The highest BCUT2D eigenvalue weighted by Gasteiger charge is 2.56. The van der Waals surface area contributed by atoms with Crippen molar-refractivity contribution in [2.75, 3.05) is 32.2 Å². The molecule has 6 aromatic carbocycles. The third kappa shape index (κ3) is 24.9. The number of hydrogen-bond donors (Lipinski definition) is 0. The molecule has 5 aromatic heterocycles. The van der Waals surface area contributed by atoms with Crippen molar-refractivity contribution in [3.63, 3.8) is 0 Å². The molecule has 3 aliphatic heterocycles. The number of ether oxygens (including phenoxy) is 2. The minimum atomic E-state index is -0.705. The van der Waals surface area contributed by atoms with E-state index < -0.39 is 12.2 Å². The number of amides is 2. The first-order valence-corrected chi connectivity index (χ1v) is 52.6. The second-order valence-corrected chi connectivity index (χ2v) is 44.1. The number of fused-ring (bicyclic) bond motifs is 22. The Morgan fingerprint density at radius 2 is 0.784 bits per heavy atom. The zero-order chi connectivity index (χ0) is 101. The van der Waals surface area contributed by atoms with Crippen LogP contribution in [0.4, 0.5) is 5.69 Å². The van der Waals surface area contributed by atoms with Gasteiger partial charge in [-0.1, -0.05) is 280 Å². The molecule has 2 amide bonds. The molecule has 9 unspecified atom stereocenters. The molecule has 0 bridgehead atoms. The van der Waals surface area contributed by atoms with Crippen LogP contribution in [0.25, 0.3) is 67.5 Å². The number of allylic oxidation sites excluding steroid dienone is 1. The molecule has 139 heavy (non-hydrogen) atoms. The number of aromatic nitrogens is 15. The molecule has 0 radical (unpaired) electrons. The van der Waals surface area contributed by atoms with Crippen LogP contribution in [0.2, 0.25) is 0 Å². The first-order valence-electron chi connectivity index (χ1n) is 52.6. The van der Waals surface area contributed by atoms with Gasteiger partial charge in [-0.15, -0.1) is 25.5 Å². The Morgan fingerprint density at radius 3 is 1.32 bits per heavy atom. The van der Waals surface area contributed by atoms with Crippen molar-refractivity contribution in [3.05, 3.63) is 207 Å². The number of rotatable bonds is 11. The molecule has 22 nitrogen and oxygen atoms in total. The number of aliphatic imine (C=N–C) groups is 1. The molecule has 20 rings (SSSR count). The summed E-state index contributed by atoms with van der Waals surface area (Å²) in [5.41, 5.74) is 27.9. The Morgan fingerprint density at radius 1 is 0.360 bits per heavy atom. The maximum atomic E-state index is 13.4. The van der Waals surface area contributed by atoms with E-state index in [2.05, 4.69) is 340 Å². The van der Waals surface area contributed by atoms with Crippen molar-refractivity contribution >= 4 is 23.7 Å². The van der Waals surface area contributed by atoms with Gasteiger partial charge in [0.05, 0.1) is 46.4 Å². The summed E-state index contributed by atoms with van der Waals surface area (Å²) in [6.07, 6.45) is 17.1. The van der Waals surface area contributed by atoms with Crippen LogP contribution in [-0.4, -0.2) is 143 Å². The lowest BCUT2D eigenvalue weighted by Crippen LogP contribution is -2.49. The molecule has 0 spiro atoms. The first-order chi connectivity index (χ1) is 66.4. The number of anilines is 1. The summed E-state index contributed by atoms with van der Waals surface area (Å²) in [5.74, 6) is 9.47. The minimum Gasteiger partial charge on any atom is -0.372 e. The largest absolute Gasteiger partial charge is 0.372 e. The standard InChI is InChI=1S/C23H25N3.C21H22N4O.C19H19N3.C15H26N4O3.C15H25N3.C12H19N.3C4H10/c1-13(2)19-20-15-9-5-7-11-17(15)22-23(26(14(3)4)25-24-22)18-12-8-6-10-16(18)21(19)20;1-13(2)24-18-12-8-7-11-17(18)20-19(22-23-25(20)14(3)4)15-9-5-6-10-16(15)21(24)26;1-13(2)22-19-17-10-6-4-8-15(17)12-11-14-7-3-5-9-16(14)18(19)20-21-22;1-9(2)18-8-7-11-12(16-17-19(11)10(3)4)13(21-5)14(22-6)15(18)20;1-9(2)15-11-5-7-13-14(8-6-12(11)15)18(10(3)4)17-16-13;1-10-8-13-9-11-6-4-2-3-5-7-12(10)11;3*1-4(2)3/h5-14,19-21H,1-4H3;5-14H,1-4H3;3-10,13H,11-12H2,1-2H3;9-10,13-14H,7-8H2,1-6H3;9-12,15H,5-8H2,1-4H3;9,11H,2-8H2,1H3;3*4H,1-3H3. The number of benzene rings is 6. The molecule has 0 saturated heterocycles. The predicted molar refractivity (Wildman–Crippen MR) is 570 cm³/mol. The van der Waals surface area contributed by atoms with Gasteiger partial charge < -0.3 is 19.3 Å². The Bertz CT molecular complexity index is 5880. The van der Waals surface area contributed by atoms with Crippen molar-refractivity contribution in [2.45, 2.75) is 344 Å². The molecule has 9 atom stereocenters. The monoisotopic (exact) mass is 1890 g/mol. The SMILES string of the molecule is CC(C)C.CC(C)C.CC(C)C.CC(C)C1C2CCc3nnn(C(C)C)c3CCC21.CC(C)C1C2c3ccccc3-c3nnn(C(C)C)c3-c3ccccc3C21.CC(C)N1C(=O)c2ccccc2-c2nnn(C(C)C)c2-c2ccccc21.CC(C)n1nnc2c1-c1ccccc1CCc1ccccc1-2.CC1=C2CCCCCCC2C=NC1.COC1C(=O)N(C(C)C)CCc2c(nnn2C(C)C)C1OC. The average molecular weight is 1890 g/mol. The van der Waals surface area contributed by atoms with Crippen LogP contribution < -0.4 is 4.90 Å². The number of hydrogen-bond acceptors (Lipinski definition) is 15. The molecule has 0 N–H and O–H groups in total. The molecule has 8 heterocycles. The van der Waals surface area contributed by atoms with Crippen molar-refractivity contribution in [1.82, 2.24) is 79.9 Å². The number of dihydropyridines is 1. The fraction of sp³-hybridized carbons (Fsp3) is 0.564. The Labute approximate surface area is 832 Å². The van der Waals surface area contributed by atoms with Crippen LogP contribution in [0.3, 0.4) is 0 Å². The Balaban J connectivity index is 0.000000147. The summed E-state index contributed by atoms with van der Waals surface area (Å²) in [5, 5.41) is 44.3. The third-order valence-electron chi connectivity index (χ3n) is 27.7. The van der Waals surface area contributed by atoms with Crippen molar-refractivity contribution in [1.29, 1.82) is 0 Å². The fourth-order valence-electron chi connectivity index (χ4n) is 21.5. The van der Waals surface area contributed by atoms with Crippen LogP contribution in [0, 0.1) is 59.2 Å². The molecule has 11 aromatic rings. The van der Waals surface area contributed by atoms with E-state index in [-0.39, 0.29) is 48.1 Å². The predicted octanol–water partition coefficient (Wildman–Crippen LogP) is 27.5. The van der Waals surface area contributed by atoms with Crippen LogP contribution >= 0.6 is 0 Å². The molecule has 3 saturated carbocycles. The van der Waals surface area contributed by atoms with Gasteiger partial charge in [0.25, 0.3) is 11.8 Å². The van der Waals surface area contributed by atoms with Crippen LogP contribution in [0.15, 0.2) is 162 Å². The van der Waals surface area contributed by atoms with Crippen molar-refractivity contribution < 1.29 is 19.1 Å². The zero-order valence-corrected chi connectivity index (χ0v) is 89.8. The molecular formula is C117H166N18O4. The topological polar surface area (TPSA) is 225 Å². The highest BCUT2D eigenvalue weighted by atomic mass is 16.5. The normalized spacial score (nSPS) is 20.0. The van der Waals surface area contributed by atoms with Gasteiger partial charge >= 0.3 is 0 Å². The molecule has 9 aliphatic rings. The number of para-hydroxylation sites is 1. The maximum Gasteiger partial charge on any atom is 0.259 e. The quantitative estimate of drug-likeness (QED) is 0.110. The lowest BCUT2D eigenvalue weighted by atomic mass is 9.83. The van der Waals surface area contributed by atoms with Gasteiger partial charge in [0.1, 0.15) is 28.9 Å². The van der Waals surface area contributed by atoms with Crippen molar-refractivity contribution in [2.24, 2.45) is 64.2 Å². The van der Waals surface area contributed by atoms with Crippen molar-refractivity contribution in [3.8, 4) is 67.5 Å². The fourth-order valence-corrected chi connectivity index (χ4v) is 21.5. The third-order valence-corrected chi connectivity index (χ3v) is 27.7. The van der Waals surface area contributed by atoms with E-state index in [1.165, 1.54) is 126 Å². The lowest BCUT2D eigenvalue weighted by molar-refractivity contribution is -0.153. The van der Waals surface area contributed by atoms with Gasteiger partial charge in [0, 0.05) is 121 Å². The Kier molecular flexibility index (Phi) is 37.5. The van der Waals surface area contributed by atoms with Gasteiger partial charge in [-0.2, -0.15) is 0 Å². The number of carbonyl (C=O) groups excluding carboxylic acids is 2. The number of methoxy groups -OCH3 is 2. The smallest absolute Gasteiger partial charge is 0.259 e.